The summed E-state index contributed by atoms with van der Waals surface area (Å²) in [7, 11) is 0. The summed E-state index contributed by atoms with van der Waals surface area (Å²) < 4.78 is 2.34. The minimum atomic E-state index is -0.162. The molecule has 0 bridgehead atoms. The number of carbonyl (C=O) groups excluding carboxylic acids is 2. The predicted octanol–water partition coefficient (Wildman–Crippen LogP) is 6.35. The zero-order valence-electron chi connectivity index (χ0n) is 28.2. The van der Waals surface area contributed by atoms with Gasteiger partial charge in [-0.25, -0.2) is 0 Å². The summed E-state index contributed by atoms with van der Waals surface area (Å²) in [5.74, 6) is 1.00. The van der Waals surface area contributed by atoms with Crippen molar-refractivity contribution in [2.45, 2.75) is 92.7 Å². The van der Waals surface area contributed by atoms with E-state index in [1.807, 2.05) is 45.0 Å². The number of nitrogens with zero attached hydrogens (tertiary/aromatic N) is 2. The van der Waals surface area contributed by atoms with Crippen LogP contribution in [0.5, 0.6) is 0 Å². The Morgan fingerprint density at radius 2 is 1.76 bits per heavy atom. The van der Waals surface area contributed by atoms with Crippen LogP contribution in [0.15, 0.2) is 47.3 Å². The van der Waals surface area contributed by atoms with Crippen molar-refractivity contribution in [2.75, 3.05) is 26.2 Å². The molecule has 1 fully saturated rings. The van der Waals surface area contributed by atoms with E-state index in [0.29, 0.717) is 35.9 Å². The highest BCUT2D eigenvalue weighted by Gasteiger charge is 2.29. The lowest BCUT2D eigenvalue weighted by atomic mass is 9.90. The van der Waals surface area contributed by atoms with Crippen LogP contribution in [-0.4, -0.2) is 52.4 Å². The standard InChI is InChI=1S/C37H53N5O3/c1-8-29(9-2)20-24(3)21-34(43)38-16-19-41-17-14-30(15-18-41)27(6)42-28(7)35(31-12-10-11-13-33(31)42)37(45)39-23-32-25(4)22-26(5)40-36(32)44/h10-13,22,27,29-30H,3,8-9,14-21,23H2,1-2,4-7H3,(H,38,43)(H,39,45)(H,40,44)/t27-/m1/s1. The van der Waals surface area contributed by atoms with E-state index in [2.05, 4.69) is 58.5 Å². The third kappa shape index (κ3) is 8.34. The zero-order chi connectivity index (χ0) is 32.7. The molecule has 0 unspecified atom stereocenters. The molecule has 1 aromatic carbocycles. The number of hydrogen-bond donors (Lipinski definition) is 3. The molecule has 1 aliphatic heterocycles. The number of para-hydroxylation sites is 1. The Balaban J connectivity index is 1.34. The van der Waals surface area contributed by atoms with Crippen LogP contribution in [-0.2, 0) is 11.3 Å². The summed E-state index contributed by atoms with van der Waals surface area (Å²) in [6.45, 7) is 20.3. The van der Waals surface area contributed by atoms with Crippen LogP contribution < -0.4 is 16.2 Å². The first-order chi connectivity index (χ1) is 21.5. The molecule has 2 amide bonds. The van der Waals surface area contributed by atoms with Crippen LogP contribution >= 0.6 is 0 Å². The van der Waals surface area contributed by atoms with Gasteiger partial charge in [-0.1, -0.05) is 57.0 Å². The molecule has 4 rings (SSSR count). The summed E-state index contributed by atoms with van der Waals surface area (Å²) in [6.07, 6.45) is 5.72. The Morgan fingerprint density at radius 3 is 2.42 bits per heavy atom. The molecule has 8 nitrogen and oxygen atoms in total. The van der Waals surface area contributed by atoms with E-state index < -0.39 is 0 Å². The van der Waals surface area contributed by atoms with Crippen molar-refractivity contribution in [3.05, 3.63) is 80.9 Å². The smallest absolute Gasteiger partial charge is 0.254 e. The molecule has 1 aliphatic rings. The topological polar surface area (TPSA) is 99.2 Å². The Kier molecular flexibility index (Phi) is 11.8. The largest absolute Gasteiger partial charge is 0.355 e. The lowest BCUT2D eigenvalue weighted by Crippen LogP contribution is -2.41. The highest BCUT2D eigenvalue weighted by Crippen LogP contribution is 2.35. The molecule has 3 aromatic rings. The second-order valence-corrected chi connectivity index (χ2v) is 13.1. The fraction of sp³-hybridized carbons (Fsp3) is 0.541. The lowest BCUT2D eigenvalue weighted by molar-refractivity contribution is -0.120. The van der Waals surface area contributed by atoms with Crippen LogP contribution in [0.4, 0.5) is 0 Å². The number of carbonyl (C=O) groups is 2. The number of hydrogen-bond acceptors (Lipinski definition) is 4. The number of benzene rings is 1. The van der Waals surface area contributed by atoms with Gasteiger partial charge in [0.25, 0.3) is 11.5 Å². The van der Waals surface area contributed by atoms with Crippen LogP contribution in [0.2, 0.25) is 0 Å². The fourth-order valence-corrected chi connectivity index (χ4v) is 7.13. The van der Waals surface area contributed by atoms with E-state index in [9.17, 15) is 14.4 Å². The molecule has 2 aromatic heterocycles. The van der Waals surface area contributed by atoms with Gasteiger partial charge in [-0.2, -0.15) is 0 Å². The van der Waals surface area contributed by atoms with E-state index >= 15 is 0 Å². The van der Waals surface area contributed by atoms with E-state index in [0.717, 1.165) is 85.2 Å². The van der Waals surface area contributed by atoms with Gasteiger partial charge in [0.1, 0.15) is 0 Å². The van der Waals surface area contributed by atoms with Crippen LogP contribution in [0, 0.1) is 32.6 Å². The van der Waals surface area contributed by atoms with Gasteiger partial charge in [-0.15, -0.1) is 0 Å². The van der Waals surface area contributed by atoms with Crippen molar-refractivity contribution in [2.24, 2.45) is 11.8 Å². The number of aromatic amines is 1. The van der Waals surface area contributed by atoms with E-state index in [-0.39, 0.29) is 30.0 Å². The normalized spacial score (nSPS) is 15.0. The highest BCUT2D eigenvalue weighted by molar-refractivity contribution is 6.08. The van der Waals surface area contributed by atoms with Crippen LogP contribution in [0.1, 0.15) is 98.2 Å². The van der Waals surface area contributed by atoms with Crippen molar-refractivity contribution >= 4 is 22.7 Å². The van der Waals surface area contributed by atoms with Gasteiger partial charge in [-0.3, -0.25) is 14.4 Å². The van der Waals surface area contributed by atoms with Gasteiger partial charge in [0.05, 0.1) is 5.56 Å². The van der Waals surface area contributed by atoms with Gasteiger partial charge in [-0.05, 0) is 89.6 Å². The molecule has 3 N–H and O–H groups in total. The Bertz CT molecular complexity index is 1560. The molecule has 1 saturated heterocycles. The summed E-state index contributed by atoms with van der Waals surface area (Å²) in [6, 6.07) is 10.3. The first-order valence-electron chi connectivity index (χ1n) is 16.8. The lowest BCUT2D eigenvalue weighted by Gasteiger charge is -2.36. The molecule has 45 heavy (non-hydrogen) atoms. The fourth-order valence-electron chi connectivity index (χ4n) is 7.13. The molecular weight excluding hydrogens is 562 g/mol. The summed E-state index contributed by atoms with van der Waals surface area (Å²) in [5, 5.41) is 7.06. The molecule has 0 aliphatic carbocycles. The van der Waals surface area contributed by atoms with Crippen molar-refractivity contribution in [3.63, 3.8) is 0 Å². The van der Waals surface area contributed by atoms with Gasteiger partial charge < -0.3 is 25.1 Å². The number of H-pyrrole nitrogens is 1. The third-order valence-electron chi connectivity index (χ3n) is 9.92. The maximum atomic E-state index is 13.6. The molecule has 3 heterocycles. The molecule has 0 saturated carbocycles. The summed E-state index contributed by atoms with van der Waals surface area (Å²) >= 11 is 0. The molecule has 8 heteroatoms. The number of aromatic nitrogens is 2. The number of piperidine rings is 1. The predicted molar refractivity (Wildman–Crippen MR) is 184 cm³/mol. The molecule has 0 radical (unpaired) electrons. The van der Waals surface area contributed by atoms with Crippen molar-refractivity contribution < 1.29 is 9.59 Å². The number of rotatable bonds is 14. The van der Waals surface area contributed by atoms with Gasteiger partial charge >= 0.3 is 0 Å². The Hall–Kier alpha value is -3.65. The van der Waals surface area contributed by atoms with Crippen molar-refractivity contribution in [3.8, 4) is 0 Å². The number of amides is 2. The minimum Gasteiger partial charge on any atom is -0.355 e. The minimum absolute atomic E-state index is 0.0741. The van der Waals surface area contributed by atoms with Gasteiger partial charge in [0.2, 0.25) is 5.91 Å². The SMILES string of the molecule is C=C(CC(=O)NCCN1CCC([C@@H](C)n2c(C)c(C(=O)NCc3c(C)cc(C)[nH]c3=O)c3ccccc32)CC1)CC(CC)CC. The summed E-state index contributed by atoms with van der Waals surface area (Å²) in [5.41, 5.74) is 5.82. The first kappa shape index (κ1) is 34.2. The van der Waals surface area contributed by atoms with E-state index in [1.54, 1.807) is 0 Å². The Morgan fingerprint density at radius 1 is 1.07 bits per heavy atom. The molecule has 0 spiro atoms. The van der Waals surface area contributed by atoms with E-state index in [1.165, 1.54) is 0 Å². The zero-order valence-corrected chi connectivity index (χ0v) is 28.2. The van der Waals surface area contributed by atoms with Crippen molar-refractivity contribution in [1.82, 2.24) is 25.1 Å². The maximum absolute atomic E-state index is 13.6. The third-order valence-corrected chi connectivity index (χ3v) is 9.92. The number of pyridine rings is 1. The second-order valence-electron chi connectivity index (χ2n) is 13.1. The molecule has 1 atom stereocenters. The first-order valence-corrected chi connectivity index (χ1v) is 16.8. The quantitative estimate of drug-likeness (QED) is 0.184. The monoisotopic (exact) mass is 615 g/mol. The van der Waals surface area contributed by atoms with Crippen LogP contribution in [0.3, 0.4) is 0 Å². The Labute approximate surface area is 268 Å². The number of fused-ring (bicyclic) bond motifs is 1. The highest BCUT2D eigenvalue weighted by atomic mass is 16.2. The van der Waals surface area contributed by atoms with Gasteiger partial charge in [0.15, 0.2) is 0 Å². The molecule has 244 valence electrons. The van der Waals surface area contributed by atoms with Crippen molar-refractivity contribution in [1.29, 1.82) is 0 Å². The maximum Gasteiger partial charge on any atom is 0.254 e. The molecular formula is C37H53N5O3. The van der Waals surface area contributed by atoms with E-state index in [4.69, 9.17) is 0 Å². The number of nitrogens with one attached hydrogen (secondary N) is 3. The van der Waals surface area contributed by atoms with Gasteiger partial charge in [0, 0.05) is 60.0 Å². The number of likely N-dealkylation sites (tertiary alicyclic amines) is 1. The average molecular weight is 616 g/mol. The second kappa shape index (κ2) is 15.6. The average Bonchev–Trinajstić information content (AvgIpc) is 3.30. The van der Waals surface area contributed by atoms with Crippen LogP contribution in [0.25, 0.3) is 10.9 Å². The number of aryl methyl sites for hydroxylation is 2. The summed E-state index contributed by atoms with van der Waals surface area (Å²) in [4.78, 5) is 43.9.